The highest BCUT2D eigenvalue weighted by Gasteiger charge is 2.16. The van der Waals surface area contributed by atoms with Gasteiger partial charge in [-0.1, -0.05) is 12.1 Å². The van der Waals surface area contributed by atoms with Crippen LogP contribution in [0.4, 0.5) is 0 Å². The van der Waals surface area contributed by atoms with Gasteiger partial charge in [0.2, 0.25) is 5.88 Å². The molecule has 0 unspecified atom stereocenters. The summed E-state index contributed by atoms with van der Waals surface area (Å²) in [5, 5.41) is 0. The normalized spacial score (nSPS) is 10.1. The second-order valence-electron chi connectivity index (χ2n) is 4.90. The number of hydrogen-bond donors (Lipinski definition) is 0. The molecule has 2 rings (SSSR count). The molecule has 23 heavy (non-hydrogen) atoms. The Kier molecular flexibility index (Phi) is 5.41. The molecule has 6 nitrogen and oxygen atoms in total. The lowest BCUT2D eigenvalue weighted by Gasteiger charge is -2.20. The van der Waals surface area contributed by atoms with E-state index in [0.29, 0.717) is 29.5 Å². The van der Waals surface area contributed by atoms with Crippen LogP contribution in [-0.2, 0) is 6.54 Å². The Bertz CT molecular complexity index is 671. The smallest absolute Gasteiger partial charge is 0.255 e. The zero-order valence-electron chi connectivity index (χ0n) is 13.7. The van der Waals surface area contributed by atoms with E-state index in [1.807, 2.05) is 18.2 Å². The molecule has 1 aromatic carbocycles. The molecule has 1 amide bonds. The minimum atomic E-state index is -0.134. The van der Waals surface area contributed by atoms with Crippen LogP contribution in [0.2, 0.25) is 0 Å². The fourth-order valence-electron chi connectivity index (χ4n) is 2.25. The van der Waals surface area contributed by atoms with E-state index in [4.69, 9.17) is 14.2 Å². The maximum Gasteiger partial charge on any atom is 0.255 e. The van der Waals surface area contributed by atoms with Crippen LogP contribution >= 0.6 is 0 Å². The van der Waals surface area contributed by atoms with Crippen LogP contribution in [0.3, 0.4) is 0 Å². The Morgan fingerprint density at radius 3 is 2.43 bits per heavy atom. The van der Waals surface area contributed by atoms with Crippen molar-refractivity contribution in [2.45, 2.75) is 6.54 Å². The largest absolute Gasteiger partial charge is 0.493 e. The third-order valence-corrected chi connectivity index (χ3v) is 3.43. The third kappa shape index (κ3) is 3.71. The first-order valence-electron chi connectivity index (χ1n) is 7.06. The summed E-state index contributed by atoms with van der Waals surface area (Å²) in [6.45, 7) is 0.394. The molecule has 0 aliphatic carbocycles. The van der Waals surface area contributed by atoms with Crippen molar-refractivity contribution < 1.29 is 19.0 Å². The molecule has 0 aliphatic rings. The van der Waals surface area contributed by atoms with Crippen LogP contribution < -0.4 is 14.2 Å². The number of ether oxygens (including phenoxy) is 3. The predicted molar refractivity (Wildman–Crippen MR) is 86.1 cm³/mol. The molecule has 0 saturated heterocycles. The van der Waals surface area contributed by atoms with Crippen LogP contribution in [0.15, 0.2) is 36.5 Å². The second-order valence-corrected chi connectivity index (χ2v) is 4.90. The quantitative estimate of drug-likeness (QED) is 0.819. The number of rotatable bonds is 6. The number of pyridine rings is 1. The van der Waals surface area contributed by atoms with E-state index in [-0.39, 0.29) is 5.91 Å². The summed E-state index contributed by atoms with van der Waals surface area (Å²) >= 11 is 0. The average molecular weight is 316 g/mol. The number of aromatic nitrogens is 1. The summed E-state index contributed by atoms with van der Waals surface area (Å²) in [5.41, 5.74) is 1.36. The molecule has 0 N–H and O–H groups in total. The SMILES string of the molecule is COc1ccc(C(=O)N(C)Cc2cccc(OC)c2OC)cn1. The van der Waals surface area contributed by atoms with Gasteiger partial charge in [-0.15, -0.1) is 0 Å². The average Bonchev–Trinajstić information content (AvgIpc) is 2.60. The minimum absolute atomic E-state index is 0.134. The molecule has 0 aliphatic heterocycles. The molecule has 0 fully saturated rings. The lowest BCUT2D eigenvalue weighted by atomic mass is 10.1. The van der Waals surface area contributed by atoms with Crippen LogP contribution in [0.25, 0.3) is 0 Å². The number of benzene rings is 1. The van der Waals surface area contributed by atoms with Crippen LogP contribution in [-0.4, -0.2) is 44.2 Å². The zero-order valence-corrected chi connectivity index (χ0v) is 13.7. The number of carbonyl (C=O) groups excluding carboxylic acids is 1. The van der Waals surface area contributed by atoms with Gasteiger partial charge in [0.15, 0.2) is 11.5 Å². The molecule has 1 aromatic heterocycles. The number of carbonyl (C=O) groups is 1. The van der Waals surface area contributed by atoms with Crippen molar-refractivity contribution in [3.05, 3.63) is 47.7 Å². The van der Waals surface area contributed by atoms with Gasteiger partial charge in [-0.25, -0.2) is 4.98 Å². The van der Waals surface area contributed by atoms with Crippen molar-refractivity contribution in [1.82, 2.24) is 9.88 Å². The van der Waals surface area contributed by atoms with Gasteiger partial charge in [0, 0.05) is 31.4 Å². The first-order chi connectivity index (χ1) is 11.1. The highest BCUT2D eigenvalue weighted by Crippen LogP contribution is 2.31. The van der Waals surface area contributed by atoms with Gasteiger partial charge in [-0.3, -0.25) is 4.79 Å². The Morgan fingerprint density at radius 1 is 1.09 bits per heavy atom. The van der Waals surface area contributed by atoms with Gasteiger partial charge < -0.3 is 19.1 Å². The molecule has 0 spiro atoms. The maximum absolute atomic E-state index is 12.5. The van der Waals surface area contributed by atoms with Crippen molar-refractivity contribution in [3.8, 4) is 17.4 Å². The van der Waals surface area contributed by atoms with Gasteiger partial charge in [0.05, 0.1) is 26.9 Å². The fraction of sp³-hybridized carbons (Fsp3) is 0.294. The minimum Gasteiger partial charge on any atom is -0.493 e. The predicted octanol–water partition coefficient (Wildman–Crippen LogP) is 2.38. The molecule has 0 bridgehead atoms. The first-order valence-corrected chi connectivity index (χ1v) is 7.06. The Hall–Kier alpha value is -2.76. The van der Waals surface area contributed by atoms with Crippen molar-refractivity contribution in [1.29, 1.82) is 0 Å². The van der Waals surface area contributed by atoms with Crippen molar-refractivity contribution in [2.75, 3.05) is 28.4 Å². The highest BCUT2D eigenvalue weighted by molar-refractivity contribution is 5.93. The van der Waals surface area contributed by atoms with Crippen LogP contribution in [0, 0.1) is 0 Å². The van der Waals surface area contributed by atoms with E-state index >= 15 is 0 Å². The van der Waals surface area contributed by atoms with E-state index in [1.54, 1.807) is 38.3 Å². The second kappa shape index (κ2) is 7.49. The topological polar surface area (TPSA) is 60.9 Å². The standard InChI is InChI=1S/C17H20N2O4/c1-19(17(20)12-8-9-15(22-3)18-10-12)11-13-6-5-7-14(21-2)16(13)23-4/h5-10H,11H2,1-4H3. The lowest BCUT2D eigenvalue weighted by Crippen LogP contribution is -2.26. The van der Waals surface area contributed by atoms with Crippen molar-refractivity contribution >= 4 is 5.91 Å². The highest BCUT2D eigenvalue weighted by atomic mass is 16.5. The lowest BCUT2D eigenvalue weighted by molar-refractivity contribution is 0.0783. The summed E-state index contributed by atoms with van der Waals surface area (Å²) in [6.07, 6.45) is 1.50. The third-order valence-electron chi connectivity index (χ3n) is 3.43. The maximum atomic E-state index is 12.5. The van der Waals surface area contributed by atoms with Gasteiger partial charge in [0.1, 0.15) is 0 Å². The zero-order chi connectivity index (χ0) is 16.8. The Morgan fingerprint density at radius 2 is 1.87 bits per heavy atom. The summed E-state index contributed by atoms with van der Waals surface area (Å²) in [4.78, 5) is 18.1. The van der Waals surface area contributed by atoms with E-state index in [2.05, 4.69) is 4.98 Å². The van der Waals surface area contributed by atoms with Crippen LogP contribution in [0.5, 0.6) is 17.4 Å². The number of nitrogens with zero attached hydrogens (tertiary/aromatic N) is 2. The van der Waals surface area contributed by atoms with E-state index in [1.165, 1.54) is 13.3 Å². The Balaban J connectivity index is 2.17. The summed E-state index contributed by atoms with van der Waals surface area (Å²) in [5.74, 6) is 1.60. The van der Waals surface area contributed by atoms with Gasteiger partial charge in [0.25, 0.3) is 5.91 Å². The molecule has 1 heterocycles. The molecule has 122 valence electrons. The molecule has 2 aromatic rings. The van der Waals surface area contributed by atoms with Gasteiger partial charge in [-0.05, 0) is 12.1 Å². The molecule has 0 atom stereocenters. The molecule has 0 saturated carbocycles. The fourth-order valence-corrected chi connectivity index (χ4v) is 2.25. The summed E-state index contributed by atoms with van der Waals surface area (Å²) in [7, 11) is 6.42. The number of hydrogen-bond acceptors (Lipinski definition) is 5. The van der Waals surface area contributed by atoms with Crippen molar-refractivity contribution in [3.63, 3.8) is 0 Å². The monoisotopic (exact) mass is 316 g/mol. The van der Waals surface area contributed by atoms with Gasteiger partial charge in [-0.2, -0.15) is 0 Å². The summed E-state index contributed by atoms with van der Waals surface area (Å²) < 4.78 is 15.7. The van der Waals surface area contributed by atoms with E-state index < -0.39 is 0 Å². The number of methoxy groups -OCH3 is 3. The van der Waals surface area contributed by atoms with E-state index in [0.717, 1.165) is 5.56 Å². The number of amides is 1. The van der Waals surface area contributed by atoms with Crippen molar-refractivity contribution in [2.24, 2.45) is 0 Å². The Labute approximate surface area is 135 Å². The molecule has 0 radical (unpaired) electrons. The van der Waals surface area contributed by atoms with Crippen LogP contribution in [0.1, 0.15) is 15.9 Å². The molecular formula is C17H20N2O4. The number of para-hydroxylation sites is 1. The summed E-state index contributed by atoms with van der Waals surface area (Å²) in [6, 6.07) is 8.93. The molecule has 6 heteroatoms. The first kappa shape index (κ1) is 16.6. The van der Waals surface area contributed by atoms with E-state index in [9.17, 15) is 4.79 Å². The molecular weight excluding hydrogens is 296 g/mol. The van der Waals surface area contributed by atoms with Gasteiger partial charge >= 0.3 is 0 Å².